The molecule has 0 heterocycles. The van der Waals surface area contributed by atoms with E-state index in [4.69, 9.17) is 0 Å². The van der Waals surface area contributed by atoms with Crippen molar-refractivity contribution in [3.05, 3.63) is 0 Å². The van der Waals surface area contributed by atoms with Crippen molar-refractivity contribution in [2.45, 2.75) is 0 Å². The Hall–Kier alpha value is 0.993. The predicted molar refractivity (Wildman–Crippen MR) is 5.75 cm³/mol. The molecular weight excluding hydrogens is 211 g/mol. The average molecular weight is 211 g/mol. The Balaban J connectivity index is 0. The van der Waals surface area contributed by atoms with Crippen LogP contribution in [0.3, 0.4) is 0 Å². The topological polar surface area (TPSA) is 0 Å². The third-order valence-corrected chi connectivity index (χ3v) is 0. The van der Waals surface area contributed by atoms with E-state index in [1.54, 1.807) is 0 Å². The smallest absolute Gasteiger partial charge is 1.00 e. The number of rotatable bonds is 0. The molecule has 0 aromatic rings. The van der Waals surface area contributed by atoms with E-state index in [2.05, 4.69) is 0 Å². The maximum atomic E-state index is 0. The van der Waals surface area contributed by atoms with Crippen molar-refractivity contribution in [2.24, 2.45) is 0 Å². The van der Waals surface area contributed by atoms with E-state index in [1.807, 2.05) is 0 Å². The van der Waals surface area contributed by atoms with Gasteiger partial charge in [0.15, 0.2) is 0 Å². The van der Waals surface area contributed by atoms with Crippen molar-refractivity contribution >= 4 is 17.4 Å². The molecule has 0 atom stereocenters. The third-order valence-electron chi connectivity index (χ3n) is 0. The van der Waals surface area contributed by atoms with Crippen LogP contribution < -0.4 is 18.8 Å². The zero-order valence-electron chi connectivity index (χ0n) is 2.39. The zero-order chi connectivity index (χ0) is 0. The van der Waals surface area contributed by atoms with E-state index < -0.39 is 0 Å². The SMILES string of the molecule is [Ag+].[Al+3].[F-].[F-].[F-].[F-]. The number of halogens is 4. The molecule has 0 saturated heterocycles. The maximum absolute atomic E-state index is 0. The molecule has 0 rings (SSSR count). The van der Waals surface area contributed by atoms with Gasteiger partial charge in [0.1, 0.15) is 0 Å². The molecule has 0 nitrogen and oxygen atoms in total. The Labute approximate surface area is 58.8 Å². The van der Waals surface area contributed by atoms with Gasteiger partial charge >= 0.3 is 39.7 Å². The molecule has 0 aromatic carbocycles. The predicted octanol–water partition coefficient (Wildman–Crippen LogP) is -12.4. The van der Waals surface area contributed by atoms with E-state index in [-0.39, 0.29) is 58.6 Å². The van der Waals surface area contributed by atoms with Crippen LogP contribution in [0.4, 0.5) is 0 Å². The van der Waals surface area contributed by atoms with Crippen LogP contribution >= 0.6 is 0 Å². The van der Waals surface area contributed by atoms with Gasteiger partial charge in [0.2, 0.25) is 0 Å². The first-order valence-electron chi connectivity index (χ1n) is 0. The normalized spacial score (nSPS) is 0. The summed E-state index contributed by atoms with van der Waals surface area (Å²) in [5.41, 5.74) is 0. The van der Waals surface area contributed by atoms with Gasteiger partial charge in [-0.25, -0.2) is 0 Å². The summed E-state index contributed by atoms with van der Waals surface area (Å²) in [6.45, 7) is 0. The van der Waals surface area contributed by atoms with Crippen molar-refractivity contribution in [1.82, 2.24) is 0 Å². The van der Waals surface area contributed by atoms with Gasteiger partial charge in [-0.1, -0.05) is 0 Å². The monoisotopic (exact) mass is 210 g/mol. The number of hydrogen-bond acceptors (Lipinski definition) is 0. The van der Waals surface area contributed by atoms with Gasteiger partial charge < -0.3 is 18.8 Å². The molecule has 0 aromatic heterocycles. The van der Waals surface area contributed by atoms with Crippen LogP contribution in [0.25, 0.3) is 0 Å². The maximum Gasteiger partial charge on any atom is 3.00 e. The van der Waals surface area contributed by atoms with Crippen LogP contribution in [0.2, 0.25) is 0 Å². The minimum atomic E-state index is 0. The van der Waals surface area contributed by atoms with Gasteiger partial charge in [-0.3, -0.25) is 0 Å². The fourth-order valence-corrected chi connectivity index (χ4v) is 0. The van der Waals surface area contributed by atoms with Crippen LogP contribution in [-0.4, -0.2) is 17.4 Å². The molecular formula is AgAlF4. The summed E-state index contributed by atoms with van der Waals surface area (Å²) in [5, 5.41) is 0. The Morgan fingerprint density at radius 1 is 0.500 bits per heavy atom. The first kappa shape index (κ1) is 255. The molecule has 0 aliphatic rings. The van der Waals surface area contributed by atoms with Gasteiger partial charge in [0.05, 0.1) is 0 Å². The minimum absolute atomic E-state index is 0. The van der Waals surface area contributed by atoms with Crippen LogP contribution in [0.5, 0.6) is 0 Å². The number of hydrogen-bond donors (Lipinski definition) is 0. The minimum Gasteiger partial charge on any atom is -1.00 e. The van der Waals surface area contributed by atoms with Gasteiger partial charge in [-0.15, -0.1) is 0 Å². The second-order valence-electron chi connectivity index (χ2n) is 0. The molecule has 0 aliphatic carbocycles. The van der Waals surface area contributed by atoms with E-state index in [9.17, 15) is 0 Å². The molecule has 0 spiro atoms. The fourth-order valence-electron chi connectivity index (χ4n) is 0. The first-order valence-corrected chi connectivity index (χ1v) is 0. The van der Waals surface area contributed by atoms with Crippen molar-refractivity contribution in [3.63, 3.8) is 0 Å². The molecule has 6 heteroatoms. The summed E-state index contributed by atoms with van der Waals surface area (Å²) in [6.07, 6.45) is 0. The molecule has 0 radical (unpaired) electrons. The summed E-state index contributed by atoms with van der Waals surface area (Å²) < 4.78 is 0. The summed E-state index contributed by atoms with van der Waals surface area (Å²) >= 11 is 0. The summed E-state index contributed by atoms with van der Waals surface area (Å²) in [4.78, 5) is 0. The second-order valence-corrected chi connectivity index (χ2v) is 0. The average Bonchev–Trinajstić information content (AvgIpc) is 0. The largest absolute Gasteiger partial charge is 3.00 e. The Kier molecular flexibility index (Phi) is 6440. The Bertz CT molecular complexity index is 7.51. The summed E-state index contributed by atoms with van der Waals surface area (Å²) in [5.74, 6) is 0. The molecule has 0 unspecified atom stereocenters. The molecule has 0 fully saturated rings. The fraction of sp³-hybridized carbons (Fsp3) is 0. The van der Waals surface area contributed by atoms with Gasteiger partial charge in [0, 0.05) is 0 Å². The van der Waals surface area contributed by atoms with Gasteiger partial charge in [-0.05, 0) is 0 Å². The zero-order valence-corrected chi connectivity index (χ0v) is 5.03. The Morgan fingerprint density at radius 2 is 0.500 bits per heavy atom. The molecule has 0 amide bonds. The quantitative estimate of drug-likeness (QED) is 0.275. The van der Waals surface area contributed by atoms with Crippen LogP contribution in [0.1, 0.15) is 0 Å². The van der Waals surface area contributed by atoms with Crippen molar-refractivity contribution in [3.8, 4) is 0 Å². The van der Waals surface area contributed by atoms with Crippen LogP contribution in [0.15, 0.2) is 0 Å². The van der Waals surface area contributed by atoms with Crippen molar-refractivity contribution in [2.75, 3.05) is 0 Å². The molecule has 0 aliphatic heterocycles. The van der Waals surface area contributed by atoms with E-state index in [0.29, 0.717) is 0 Å². The standard InChI is InChI=1S/Ag.Al.4FH/h;;4*1H/q+1;+3;;;;/p-4. The Morgan fingerprint density at radius 3 is 0.500 bits per heavy atom. The van der Waals surface area contributed by atoms with Crippen LogP contribution in [-0.2, 0) is 22.4 Å². The van der Waals surface area contributed by atoms with Gasteiger partial charge in [0.25, 0.3) is 0 Å². The van der Waals surface area contributed by atoms with E-state index in [1.165, 1.54) is 0 Å². The van der Waals surface area contributed by atoms with Crippen molar-refractivity contribution < 1.29 is 41.2 Å². The molecule has 0 N–H and O–H groups in total. The molecule has 0 bridgehead atoms. The van der Waals surface area contributed by atoms with E-state index >= 15 is 0 Å². The molecule has 6 heavy (non-hydrogen) atoms. The third kappa shape index (κ3) is 80.8. The molecule has 0 saturated carbocycles. The second kappa shape index (κ2) is 152. The van der Waals surface area contributed by atoms with Crippen LogP contribution in [0, 0.1) is 0 Å². The molecule has 42 valence electrons. The van der Waals surface area contributed by atoms with Crippen molar-refractivity contribution in [1.29, 1.82) is 0 Å². The summed E-state index contributed by atoms with van der Waals surface area (Å²) in [6, 6.07) is 0. The van der Waals surface area contributed by atoms with E-state index in [0.717, 1.165) is 0 Å². The van der Waals surface area contributed by atoms with Gasteiger partial charge in [-0.2, -0.15) is 0 Å². The summed E-state index contributed by atoms with van der Waals surface area (Å²) in [7, 11) is 0. The first-order chi connectivity index (χ1) is 0.